The van der Waals surface area contributed by atoms with Gasteiger partial charge in [0.25, 0.3) is 5.91 Å². The minimum atomic E-state index is -0.925. The third-order valence-electron chi connectivity index (χ3n) is 4.60. The van der Waals surface area contributed by atoms with E-state index in [0.717, 1.165) is 11.0 Å². The number of carboxylic acids is 1. The second kappa shape index (κ2) is 9.64. The van der Waals surface area contributed by atoms with Gasteiger partial charge in [-0.2, -0.15) is 5.10 Å². The monoisotopic (exact) mass is 390 g/mol. The highest BCUT2D eigenvalue weighted by Crippen LogP contribution is 2.21. The molecular formula is C20H30N4O4. The van der Waals surface area contributed by atoms with Crippen LogP contribution in [-0.4, -0.2) is 63.0 Å². The fourth-order valence-corrected chi connectivity index (χ4v) is 3.02. The molecule has 2 aromatic rings. The van der Waals surface area contributed by atoms with E-state index in [1.54, 1.807) is 31.0 Å². The number of aliphatic carboxylic acids is 1. The van der Waals surface area contributed by atoms with Crippen molar-refractivity contribution >= 4 is 22.9 Å². The van der Waals surface area contributed by atoms with E-state index in [-0.39, 0.29) is 18.5 Å². The van der Waals surface area contributed by atoms with Crippen LogP contribution in [-0.2, 0) is 9.53 Å². The maximum Gasteiger partial charge on any atom is 0.308 e. The molecule has 0 radical (unpaired) electrons. The standard InChI is InChI=1S/C20H30N4O4/c1-6-28-9-7-8-23(12-14(4)20(26)27)19(25)17-10-16-11-21-24(13(2)3)18(16)22-15(17)5/h10-11,13-14H,6-9,12H2,1-5H3,(H,26,27). The third-order valence-corrected chi connectivity index (χ3v) is 4.60. The minimum Gasteiger partial charge on any atom is -0.481 e. The van der Waals surface area contributed by atoms with Crippen molar-refractivity contribution in [3.8, 4) is 0 Å². The summed E-state index contributed by atoms with van der Waals surface area (Å²) in [6, 6.07) is 1.96. The molecule has 0 saturated heterocycles. The molecule has 0 spiro atoms. The molecular weight excluding hydrogens is 360 g/mol. The van der Waals surface area contributed by atoms with Crippen molar-refractivity contribution in [1.29, 1.82) is 0 Å². The van der Waals surface area contributed by atoms with E-state index in [1.807, 2.05) is 25.5 Å². The first-order valence-corrected chi connectivity index (χ1v) is 9.70. The van der Waals surface area contributed by atoms with E-state index in [2.05, 4.69) is 10.1 Å². The average Bonchev–Trinajstić information content (AvgIpc) is 3.05. The summed E-state index contributed by atoms with van der Waals surface area (Å²) in [4.78, 5) is 30.7. The second-order valence-electron chi connectivity index (χ2n) is 7.26. The summed E-state index contributed by atoms with van der Waals surface area (Å²) in [5.74, 6) is -1.79. The van der Waals surface area contributed by atoms with Gasteiger partial charge in [0.2, 0.25) is 0 Å². The molecule has 8 nitrogen and oxygen atoms in total. The Labute approximate surface area is 165 Å². The summed E-state index contributed by atoms with van der Waals surface area (Å²) < 4.78 is 7.17. The number of ether oxygens (including phenoxy) is 1. The number of hydrogen-bond donors (Lipinski definition) is 1. The van der Waals surface area contributed by atoms with E-state index in [1.165, 1.54) is 0 Å². The number of carbonyl (C=O) groups excluding carboxylic acids is 1. The number of aromatic nitrogens is 3. The van der Waals surface area contributed by atoms with Crippen LogP contribution in [0.5, 0.6) is 0 Å². The smallest absolute Gasteiger partial charge is 0.308 e. The van der Waals surface area contributed by atoms with Crippen LogP contribution >= 0.6 is 0 Å². The fraction of sp³-hybridized carbons (Fsp3) is 0.600. The maximum atomic E-state index is 13.2. The number of nitrogens with zero attached hydrogens (tertiary/aromatic N) is 4. The number of aryl methyl sites for hydroxylation is 1. The predicted molar refractivity (Wildman–Crippen MR) is 106 cm³/mol. The van der Waals surface area contributed by atoms with E-state index >= 15 is 0 Å². The summed E-state index contributed by atoms with van der Waals surface area (Å²) in [5, 5.41) is 14.4. The molecule has 0 aromatic carbocycles. The molecule has 2 heterocycles. The number of amides is 1. The van der Waals surface area contributed by atoms with Crippen molar-refractivity contribution in [3.05, 3.63) is 23.5 Å². The van der Waals surface area contributed by atoms with Crippen molar-refractivity contribution in [1.82, 2.24) is 19.7 Å². The summed E-state index contributed by atoms with van der Waals surface area (Å²) >= 11 is 0. The van der Waals surface area contributed by atoms with E-state index in [9.17, 15) is 14.7 Å². The number of fused-ring (bicyclic) bond motifs is 1. The average molecular weight is 390 g/mol. The first-order chi connectivity index (χ1) is 13.3. The van der Waals surface area contributed by atoms with Crippen molar-refractivity contribution < 1.29 is 19.4 Å². The van der Waals surface area contributed by atoms with Crippen LogP contribution in [0.1, 0.15) is 56.2 Å². The molecule has 1 N–H and O–H groups in total. The van der Waals surface area contributed by atoms with Gasteiger partial charge < -0.3 is 14.7 Å². The van der Waals surface area contributed by atoms with Gasteiger partial charge in [0.05, 0.1) is 23.4 Å². The number of rotatable bonds is 10. The first-order valence-electron chi connectivity index (χ1n) is 9.70. The maximum absolute atomic E-state index is 13.2. The van der Waals surface area contributed by atoms with Crippen molar-refractivity contribution in [2.24, 2.45) is 5.92 Å². The molecule has 2 aromatic heterocycles. The first kappa shape index (κ1) is 21.8. The molecule has 2 rings (SSSR count). The Balaban J connectivity index is 2.30. The van der Waals surface area contributed by atoms with Gasteiger partial charge in [0.1, 0.15) is 0 Å². The molecule has 1 amide bonds. The Bertz CT molecular complexity index is 831. The third kappa shape index (κ3) is 5.07. The van der Waals surface area contributed by atoms with Crippen molar-refractivity contribution in [3.63, 3.8) is 0 Å². The molecule has 8 heteroatoms. The lowest BCUT2D eigenvalue weighted by Gasteiger charge is -2.25. The van der Waals surface area contributed by atoms with E-state index in [4.69, 9.17) is 4.74 Å². The predicted octanol–water partition coefficient (Wildman–Crippen LogP) is 2.91. The lowest BCUT2D eigenvalue weighted by molar-refractivity contribution is -0.141. The lowest BCUT2D eigenvalue weighted by Crippen LogP contribution is -2.38. The molecule has 0 aliphatic rings. The largest absolute Gasteiger partial charge is 0.481 e. The molecule has 154 valence electrons. The molecule has 1 atom stereocenters. The zero-order chi connectivity index (χ0) is 20.8. The van der Waals surface area contributed by atoms with Gasteiger partial charge in [-0.25, -0.2) is 9.67 Å². The molecule has 0 saturated carbocycles. The molecule has 0 fully saturated rings. The zero-order valence-electron chi connectivity index (χ0n) is 17.3. The van der Waals surface area contributed by atoms with E-state index < -0.39 is 11.9 Å². The van der Waals surface area contributed by atoms with Gasteiger partial charge in [-0.15, -0.1) is 0 Å². The number of pyridine rings is 1. The van der Waals surface area contributed by atoms with Gasteiger partial charge >= 0.3 is 5.97 Å². The normalized spacial score (nSPS) is 12.5. The van der Waals surface area contributed by atoms with Crippen LogP contribution in [0.15, 0.2) is 12.3 Å². The van der Waals surface area contributed by atoms with Crippen LogP contribution < -0.4 is 0 Å². The molecule has 1 unspecified atom stereocenters. The second-order valence-corrected chi connectivity index (χ2v) is 7.26. The Morgan fingerprint density at radius 1 is 1.32 bits per heavy atom. The van der Waals surface area contributed by atoms with Crippen LogP contribution in [0.2, 0.25) is 0 Å². The van der Waals surface area contributed by atoms with Crippen LogP contribution in [0.25, 0.3) is 11.0 Å². The molecule has 0 aliphatic heterocycles. The summed E-state index contributed by atoms with van der Waals surface area (Å²) in [7, 11) is 0. The summed E-state index contributed by atoms with van der Waals surface area (Å²) in [5.41, 5.74) is 1.83. The SMILES string of the molecule is CCOCCCN(CC(C)C(=O)O)C(=O)c1cc2cnn(C(C)C)c2nc1C. The Kier molecular flexibility index (Phi) is 7.51. The molecule has 0 aliphatic carbocycles. The zero-order valence-corrected chi connectivity index (χ0v) is 17.3. The fourth-order valence-electron chi connectivity index (χ4n) is 3.02. The Morgan fingerprint density at radius 2 is 2.04 bits per heavy atom. The highest BCUT2D eigenvalue weighted by molar-refractivity contribution is 5.98. The van der Waals surface area contributed by atoms with Crippen molar-refractivity contribution in [2.75, 3.05) is 26.3 Å². The van der Waals surface area contributed by atoms with Crippen LogP contribution in [0, 0.1) is 12.8 Å². The minimum absolute atomic E-state index is 0.142. The molecule has 28 heavy (non-hydrogen) atoms. The van der Waals surface area contributed by atoms with Gasteiger partial charge in [0.15, 0.2) is 5.65 Å². The highest BCUT2D eigenvalue weighted by Gasteiger charge is 2.24. The highest BCUT2D eigenvalue weighted by atomic mass is 16.5. The number of carboxylic acid groups (broad SMARTS) is 1. The van der Waals surface area contributed by atoms with Gasteiger partial charge in [-0.05, 0) is 40.2 Å². The van der Waals surface area contributed by atoms with Gasteiger partial charge in [-0.1, -0.05) is 6.92 Å². The topological polar surface area (TPSA) is 97.5 Å². The quantitative estimate of drug-likeness (QED) is 0.627. The van der Waals surface area contributed by atoms with Crippen LogP contribution in [0.3, 0.4) is 0 Å². The lowest BCUT2D eigenvalue weighted by atomic mass is 10.1. The van der Waals surface area contributed by atoms with Gasteiger partial charge in [-0.3, -0.25) is 9.59 Å². The Hall–Kier alpha value is -2.48. The Morgan fingerprint density at radius 3 is 2.64 bits per heavy atom. The summed E-state index contributed by atoms with van der Waals surface area (Å²) in [6.07, 6.45) is 2.35. The van der Waals surface area contributed by atoms with E-state index in [0.29, 0.717) is 37.4 Å². The van der Waals surface area contributed by atoms with Crippen molar-refractivity contribution in [2.45, 2.75) is 47.1 Å². The summed E-state index contributed by atoms with van der Waals surface area (Å²) in [6.45, 7) is 11.1. The molecule has 0 bridgehead atoms. The van der Waals surface area contributed by atoms with Gasteiger partial charge in [0, 0.05) is 37.7 Å². The van der Waals surface area contributed by atoms with Crippen LogP contribution in [0.4, 0.5) is 0 Å². The number of hydrogen-bond acceptors (Lipinski definition) is 5. The number of carbonyl (C=O) groups is 2.